The summed E-state index contributed by atoms with van der Waals surface area (Å²) in [7, 11) is 2.19. The van der Waals surface area contributed by atoms with E-state index in [1.165, 1.54) is 26.2 Å². The van der Waals surface area contributed by atoms with E-state index in [2.05, 4.69) is 42.5 Å². The molecule has 0 atom stereocenters. The van der Waals surface area contributed by atoms with Crippen LogP contribution in [0.5, 0.6) is 0 Å². The lowest BCUT2D eigenvalue weighted by molar-refractivity contribution is -0.107. The van der Waals surface area contributed by atoms with Crippen molar-refractivity contribution < 1.29 is 4.79 Å². The van der Waals surface area contributed by atoms with Gasteiger partial charge < -0.3 is 9.69 Å². The second kappa shape index (κ2) is 11.3. The Balaban J connectivity index is 0.000000631. The molecule has 0 aliphatic carbocycles. The molecule has 0 aromatic heterocycles. The quantitative estimate of drug-likeness (QED) is 0.566. The summed E-state index contributed by atoms with van der Waals surface area (Å²) < 4.78 is 0. The van der Waals surface area contributed by atoms with Crippen molar-refractivity contribution >= 4 is 6.29 Å². The topological polar surface area (TPSA) is 23.6 Å². The summed E-state index contributed by atoms with van der Waals surface area (Å²) >= 11 is 0. The van der Waals surface area contributed by atoms with E-state index >= 15 is 0 Å². The van der Waals surface area contributed by atoms with Gasteiger partial charge in [0, 0.05) is 51.5 Å². The van der Waals surface area contributed by atoms with E-state index in [1.807, 2.05) is 6.92 Å². The van der Waals surface area contributed by atoms with Gasteiger partial charge in [-0.25, -0.2) is 0 Å². The van der Waals surface area contributed by atoms with Crippen LogP contribution in [0.25, 0.3) is 0 Å². The first-order chi connectivity index (χ1) is 8.60. The fourth-order valence-electron chi connectivity index (χ4n) is 1.56. The van der Waals surface area contributed by atoms with Crippen LogP contribution in [-0.2, 0) is 4.79 Å². The molecule has 0 amide bonds. The molecule has 0 aromatic rings. The predicted molar refractivity (Wildman–Crippen MR) is 77.5 cm³/mol. The Labute approximate surface area is 113 Å². The maximum Gasteiger partial charge on any atom is 0.119 e. The summed E-state index contributed by atoms with van der Waals surface area (Å²) in [6, 6.07) is 0. The lowest BCUT2D eigenvalue weighted by Crippen LogP contribution is -2.44. The van der Waals surface area contributed by atoms with Crippen LogP contribution >= 0.6 is 0 Å². The van der Waals surface area contributed by atoms with Crippen molar-refractivity contribution in [1.29, 1.82) is 0 Å². The van der Waals surface area contributed by atoms with E-state index in [9.17, 15) is 4.79 Å². The molecule has 0 aromatic carbocycles. The van der Waals surface area contributed by atoms with Gasteiger partial charge in [-0.15, -0.1) is 11.8 Å². The summed E-state index contributed by atoms with van der Waals surface area (Å²) in [5.41, 5.74) is 0. The Morgan fingerprint density at radius 3 is 2.22 bits per heavy atom. The maximum atomic E-state index is 9.17. The van der Waals surface area contributed by atoms with E-state index in [-0.39, 0.29) is 0 Å². The highest BCUT2D eigenvalue weighted by atomic mass is 16.1. The number of rotatable bonds is 3. The second-order valence-corrected chi connectivity index (χ2v) is 4.95. The molecule has 0 unspecified atom stereocenters. The summed E-state index contributed by atoms with van der Waals surface area (Å²) in [5.74, 6) is 6.96. The number of piperazine rings is 1. The van der Waals surface area contributed by atoms with Crippen molar-refractivity contribution in [3.63, 3.8) is 0 Å². The van der Waals surface area contributed by atoms with Crippen LogP contribution in [0, 0.1) is 17.8 Å². The van der Waals surface area contributed by atoms with E-state index in [4.69, 9.17) is 0 Å². The monoisotopic (exact) mass is 252 g/mol. The van der Waals surface area contributed by atoms with Crippen LogP contribution in [0.1, 0.15) is 33.6 Å². The smallest absolute Gasteiger partial charge is 0.119 e. The van der Waals surface area contributed by atoms with Crippen LogP contribution in [0.4, 0.5) is 0 Å². The van der Waals surface area contributed by atoms with E-state index < -0.39 is 0 Å². The fraction of sp³-hybridized carbons (Fsp3) is 0.800. The minimum absolute atomic E-state index is 0.516. The van der Waals surface area contributed by atoms with Crippen LogP contribution in [0.2, 0.25) is 0 Å². The first-order valence-electron chi connectivity index (χ1n) is 6.93. The van der Waals surface area contributed by atoms with Gasteiger partial charge in [-0.05, 0) is 7.05 Å². The molecule has 0 saturated carbocycles. The van der Waals surface area contributed by atoms with Crippen molar-refractivity contribution in [3.8, 4) is 11.8 Å². The summed E-state index contributed by atoms with van der Waals surface area (Å²) in [6.45, 7) is 12.1. The third-order valence-electron chi connectivity index (χ3n) is 2.71. The average molecular weight is 252 g/mol. The third-order valence-corrected chi connectivity index (χ3v) is 2.71. The SMILES string of the molecule is CC(C)C#CCCN1CCN(C)CC1.CCC=O. The molecule has 0 bridgehead atoms. The Morgan fingerprint density at radius 2 is 1.78 bits per heavy atom. The largest absolute Gasteiger partial charge is 0.304 e. The third kappa shape index (κ3) is 10.3. The standard InChI is InChI=1S/C12H22N2.C3H6O/c1-12(2)6-4-5-7-14-10-8-13(3)9-11-14;1-2-3-4/h12H,5,7-11H2,1-3H3;3H,2H2,1H3. The van der Waals surface area contributed by atoms with Crippen LogP contribution in [-0.4, -0.2) is 55.9 Å². The van der Waals surface area contributed by atoms with Gasteiger partial charge >= 0.3 is 0 Å². The van der Waals surface area contributed by atoms with Crippen molar-refractivity contribution in [1.82, 2.24) is 9.80 Å². The highest BCUT2D eigenvalue weighted by Crippen LogP contribution is 1.99. The van der Waals surface area contributed by atoms with E-state index in [0.717, 1.165) is 19.3 Å². The Morgan fingerprint density at radius 1 is 1.22 bits per heavy atom. The molecule has 3 heteroatoms. The zero-order valence-electron chi connectivity index (χ0n) is 12.4. The molecule has 1 fully saturated rings. The van der Waals surface area contributed by atoms with Gasteiger partial charge in [-0.2, -0.15) is 0 Å². The van der Waals surface area contributed by atoms with Crippen molar-refractivity contribution in [2.45, 2.75) is 33.6 Å². The van der Waals surface area contributed by atoms with Gasteiger partial charge in [0.1, 0.15) is 6.29 Å². The molecule has 0 radical (unpaired) electrons. The van der Waals surface area contributed by atoms with Gasteiger partial charge in [0.25, 0.3) is 0 Å². The minimum Gasteiger partial charge on any atom is -0.304 e. The highest BCUT2D eigenvalue weighted by molar-refractivity contribution is 5.48. The van der Waals surface area contributed by atoms with Gasteiger partial charge in [-0.1, -0.05) is 20.8 Å². The van der Waals surface area contributed by atoms with E-state index in [0.29, 0.717) is 12.3 Å². The lowest BCUT2D eigenvalue weighted by Gasteiger charge is -2.31. The molecule has 0 spiro atoms. The van der Waals surface area contributed by atoms with Gasteiger partial charge in [0.15, 0.2) is 0 Å². The Hall–Kier alpha value is -0.850. The number of hydrogen-bond acceptors (Lipinski definition) is 3. The van der Waals surface area contributed by atoms with Gasteiger partial charge in [0.2, 0.25) is 0 Å². The summed E-state index contributed by atoms with van der Waals surface area (Å²) in [5, 5.41) is 0. The van der Waals surface area contributed by atoms with Gasteiger partial charge in [-0.3, -0.25) is 4.90 Å². The molecule has 104 valence electrons. The minimum atomic E-state index is 0.516. The zero-order chi connectivity index (χ0) is 13.8. The number of carbonyl (C=O) groups is 1. The molecule has 1 aliphatic rings. The fourth-order valence-corrected chi connectivity index (χ4v) is 1.56. The number of nitrogens with zero attached hydrogens (tertiary/aromatic N) is 2. The molecule has 1 rings (SSSR count). The molecule has 1 heterocycles. The molecular weight excluding hydrogens is 224 g/mol. The number of likely N-dealkylation sites (N-methyl/N-ethyl adjacent to an activating group) is 1. The Bertz CT molecular complexity index is 257. The lowest BCUT2D eigenvalue weighted by atomic mass is 10.2. The van der Waals surface area contributed by atoms with Crippen molar-refractivity contribution in [2.75, 3.05) is 39.8 Å². The van der Waals surface area contributed by atoms with Gasteiger partial charge in [0.05, 0.1) is 0 Å². The number of hydrogen-bond donors (Lipinski definition) is 0. The molecule has 0 N–H and O–H groups in total. The predicted octanol–water partition coefficient (Wildman–Crippen LogP) is 1.88. The van der Waals surface area contributed by atoms with Crippen molar-refractivity contribution in [3.05, 3.63) is 0 Å². The molecular formula is C15H28N2O. The summed E-state index contributed by atoms with van der Waals surface area (Å²) in [4.78, 5) is 14.1. The first-order valence-corrected chi connectivity index (χ1v) is 6.93. The molecule has 3 nitrogen and oxygen atoms in total. The summed E-state index contributed by atoms with van der Waals surface area (Å²) in [6.07, 6.45) is 2.54. The molecule has 18 heavy (non-hydrogen) atoms. The highest BCUT2D eigenvalue weighted by Gasteiger charge is 2.11. The molecule has 1 saturated heterocycles. The average Bonchev–Trinajstić information content (AvgIpc) is 2.37. The maximum absolute atomic E-state index is 9.17. The van der Waals surface area contributed by atoms with Crippen LogP contribution in [0.3, 0.4) is 0 Å². The van der Waals surface area contributed by atoms with Crippen molar-refractivity contribution in [2.24, 2.45) is 5.92 Å². The van der Waals surface area contributed by atoms with Crippen LogP contribution < -0.4 is 0 Å². The van der Waals surface area contributed by atoms with Crippen LogP contribution in [0.15, 0.2) is 0 Å². The molecule has 1 aliphatic heterocycles. The normalized spacial score (nSPS) is 16.5. The Kier molecular flexibility index (Phi) is 10.7. The number of carbonyl (C=O) groups excluding carboxylic acids is 1. The van der Waals surface area contributed by atoms with E-state index in [1.54, 1.807) is 0 Å². The first kappa shape index (κ1) is 17.2. The zero-order valence-corrected chi connectivity index (χ0v) is 12.4. The second-order valence-electron chi connectivity index (χ2n) is 4.95. The number of aldehydes is 1.